The van der Waals surface area contributed by atoms with E-state index < -0.39 is 0 Å². The van der Waals surface area contributed by atoms with Crippen LogP contribution in [0.5, 0.6) is 5.75 Å². The Balaban J connectivity index is 1.68. The number of ether oxygens (including phenoxy) is 1. The molecule has 0 aromatic carbocycles. The summed E-state index contributed by atoms with van der Waals surface area (Å²) in [4.78, 5) is 18.2. The van der Waals surface area contributed by atoms with Crippen LogP contribution in [0.2, 0.25) is 5.02 Å². The molecule has 1 aliphatic rings. The summed E-state index contributed by atoms with van der Waals surface area (Å²) in [7, 11) is 0. The average molecular weight is 322 g/mol. The predicted octanol–water partition coefficient (Wildman–Crippen LogP) is 2.72. The SMILES string of the molecule is Cc1oncc1C(=O)N1CCCC(Oc2ccncc2Cl)C1. The molecule has 6 nitrogen and oxygen atoms in total. The Labute approximate surface area is 133 Å². The predicted molar refractivity (Wildman–Crippen MR) is 80.0 cm³/mol. The lowest BCUT2D eigenvalue weighted by Gasteiger charge is -2.32. The van der Waals surface area contributed by atoms with Gasteiger partial charge in [0.05, 0.1) is 12.7 Å². The number of carbonyl (C=O) groups is 1. The first kappa shape index (κ1) is 14.8. The fourth-order valence-corrected chi connectivity index (χ4v) is 2.69. The number of amides is 1. The molecular formula is C15H16ClN3O3. The Morgan fingerprint density at radius 2 is 2.36 bits per heavy atom. The van der Waals surface area contributed by atoms with Gasteiger partial charge in [-0.05, 0) is 19.8 Å². The van der Waals surface area contributed by atoms with Gasteiger partial charge in [-0.1, -0.05) is 16.8 Å². The molecule has 7 heteroatoms. The topological polar surface area (TPSA) is 68.5 Å². The number of halogens is 1. The second kappa shape index (κ2) is 6.36. The van der Waals surface area contributed by atoms with Gasteiger partial charge in [0.2, 0.25) is 0 Å². The molecule has 0 radical (unpaired) electrons. The minimum Gasteiger partial charge on any atom is -0.487 e. The minimum atomic E-state index is -0.0854. The molecule has 1 atom stereocenters. The van der Waals surface area contributed by atoms with Crippen LogP contribution in [0, 0.1) is 6.92 Å². The number of nitrogens with zero attached hydrogens (tertiary/aromatic N) is 3. The van der Waals surface area contributed by atoms with Crippen molar-refractivity contribution >= 4 is 17.5 Å². The van der Waals surface area contributed by atoms with Crippen LogP contribution in [0.4, 0.5) is 0 Å². The Hall–Kier alpha value is -2.08. The highest BCUT2D eigenvalue weighted by Gasteiger charge is 2.28. The first-order valence-electron chi connectivity index (χ1n) is 7.12. The molecule has 116 valence electrons. The van der Waals surface area contributed by atoms with Gasteiger partial charge >= 0.3 is 0 Å². The van der Waals surface area contributed by atoms with Crippen molar-refractivity contribution in [3.8, 4) is 5.75 Å². The van der Waals surface area contributed by atoms with Crippen molar-refractivity contribution in [3.05, 3.63) is 41.0 Å². The largest absolute Gasteiger partial charge is 0.487 e. The summed E-state index contributed by atoms with van der Waals surface area (Å²) >= 11 is 6.06. The summed E-state index contributed by atoms with van der Waals surface area (Å²) in [6.07, 6.45) is 6.31. The highest BCUT2D eigenvalue weighted by molar-refractivity contribution is 6.31. The van der Waals surface area contributed by atoms with Crippen LogP contribution in [-0.2, 0) is 0 Å². The number of rotatable bonds is 3. The summed E-state index contributed by atoms with van der Waals surface area (Å²) in [5, 5.41) is 4.13. The molecule has 22 heavy (non-hydrogen) atoms. The molecular weight excluding hydrogens is 306 g/mol. The zero-order valence-corrected chi connectivity index (χ0v) is 12.9. The summed E-state index contributed by atoms with van der Waals surface area (Å²) < 4.78 is 10.9. The highest BCUT2D eigenvalue weighted by atomic mass is 35.5. The number of hydrogen-bond donors (Lipinski definition) is 0. The second-order valence-electron chi connectivity index (χ2n) is 5.24. The van der Waals surface area contributed by atoms with Gasteiger partial charge in [0.15, 0.2) is 0 Å². The van der Waals surface area contributed by atoms with Crippen molar-refractivity contribution in [2.24, 2.45) is 0 Å². The summed E-state index contributed by atoms with van der Waals surface area (Å²) in [5.41, 5.74) is 0.502. The monoisotopic (exact) mass is 321 g/mol. The Bertz CT molecular complexity index is 674. The van der Waals surface area contributed by atoms with Gasteiger partial charge in [-0.25, -0.2) is 0 Å². The van der Waals surface area contributed by atoms with Crippen molar-refractivity contribution in [3.63, 3.8) is 0 Å². The zero-order valence-electron chi connectivity index (χ0n) is 12.2. The maximum Gasteiger partial charge on any atom is 0.259 e. The van der Waals surface area contributed by atoms with Crippen LogP contribution in [0.1, 0.15) is 29.0 Å². The van der Waals surface area contributed by atoms with Crippen LogP contribution in [0.25, 0.3) is 0 Å². The van der Waals surface area contributed by atoms with Crippen molar-refractivity contribution in [1.82, 2.24) is 15.0 Å². The number of pyridine rings is 1. The molecule has 2 aromatic rings. The molecule has 0 aliphatic carbocycles. The minimum absolute atomic E-state index is 0.0760. The summed E-state index contributed by atoms with van der Waals surface area (Å²) in [6.45, 7) is 2.95. The molecule has 0 bridgehead atoms. The molecule has 3 heterocycles. The maximum atomic E-state index is 12.5. The third-order valence-corrected chi connectivity index (χ3v) is 3.96. The first-order valence-corrected chi connectivity index (χ1v) is 7.49. The smallest absolute Gasteiger partial charge is 0.259 e. The standard InChI is InChI=1S/C15H16ClN3O3/c1-10-12(7-18-22-10)15(20)19-6-2-3-11(9-19)21-14-4-5-17-8-13(14)16/h4-5,7-8,11H,2-3,6,9H2,1H3. The third-order valence-electron chi connectivity index (χ3n) is 3.68. The average Bonchev–Trinajstić information content (AvgIpc) is 2.95. The molecule has 2 aromatic heterocycles. The van der Waals surface area contributed by atoms with Gasteiger partial charge in [-0.15, -0.1) is 0 Å². The lowest BCUT2D eigenvalue weighted by Crippen LogP contribution is -2.44. The van der Waals surface area contributed by atoms with Crippen LogP contribution >= 0.6 is 11.6 Å². The fourth-order valence-electron chi connectivity index (χ4n) is 2.53. The van der Waals surface area contributed by atoms with E-state index in [4.69, 9.17) is 20.9 Å². The van der Waals surface area contributed by atoms with Gasteiger partial charge in [-0.2, -0.15) is 0 Å². The van der Waals surface area contributed by atoms with Crippen molar-refractivity contribution < 1.29 is 14.1 Å². The normalized spacial score (nSPS) is 18.3. The number of hydrogen-bond acceptors (Lipinski definition) is 5. The maximum absolute atomic E-state index is 12.5. The van der Waals surface area contributed by atoms with E-state index in [0.29, 0.717) is 35.2 Å². The van der Waals surface area contributed by atoms with E-state index in [1.165, 1.54) is 6.20 Å². The quantitative estimate of drug-likeness (QED) is 0.869. The number of carbonyl (C=O) groups excluding carboxylic acids is 1. The lowest BCUT2D eigenvalue weighted by atomic mass is 10.1. The van der Waals surface area contributed by atoms with Crippen molar-refractivity contribution in [2.75, 3.05) is 13.1 Å². The molecule has 1 amide bonds. The Kier molecular flexibility index (Phi) is 4.29. The Morgan fingerprint density at radius 3 is 3.09 bits per heavy atom. The van der Waals surface area contributed by atoms with Crippen molar-refractivity contribution in [2.45, 2.75) is 25.9 Å². The molecule has 1 unspecified atom stereocenters. The second-order valence-corrected chi connectivity index (χ2v) is 5.64. The van der Waals surface area contributed by atoms with E-state index in [1.807, 2.05) is 0 Å². The van der Waals surface area contributed by atoms with Gasteiger partial charge in [0.25, 0.3) is 5.91 Å². The van der Waals surface area contributed by atoms with E-state index in [-0.39, 0.29) is 12.0 Å². The lowest BCUT2D eigenvalue weighted by molar-refractivity contribution is 0.0536. The van der Waals surface area contributed by atoms with Crippen LogP contribution in [-0.4, -0.2) is 40.1 Å². The fraction of sp³-hybridized carbons (Fsp3) is 0.400. The molecule has 1 aliphatic heterocycles. The molecule has 0 spiro atoms. The van der Waals surface area contributed by atoms with E-state index in [1.54, 1.807) is 30.3 Å². The zero-order chi connectivity index (χ0) is 15.5. The molecule has 1 saturated heterocycles. The highest BCUT2D eigenvalue weighted by Crippen LogP contribution is 2.26. The van der Waals surface area contributed by atoms with Crippen LogP contribution in [0.15, 0.2) is 29.2 Å². The van der Waals surface area contributed by atoms with E-state index in [9.17, 15) is 4.79 Å². The molecule has 0 saturated carbocycles. The number of piperidine rings is 1. The van der Waals surface area contributed by atoms with Crippen molar-refractivity contribution in [1.29, 1.82) is 0 Å². The van der Waals surface area contributed by atoms with E-state index in [2.05, 4.69) is 10.1 Å². The number of aromatic nitrogens is 2. The Morgan fingerprint density at radius 1 is 1.50 bits per heavy atom. The van der Waals surface area contributed by atoms with Gasteiger partial charge in [0.1, 0.15) is 28.2 Å². The van der Waals surface area contributed by atoms with E-state index >= 15 is 0 Å². The third kappa shape index (κ3) is 3.06. The number of aryl methyl sites for hydroxylation is 1. The molecule has 3 rings (SSSR count). The number of likely N-dealkylation sites (tertiary alicyclic amines) is 1. The summed E-state index contributed by atoms with van der Waals surface area (Å²) in [5.74, 6) is 1.05. The van der Waals surface area contributed by atoms with Gasteiger partial charge in [-0.3, -0.25) is 9.78 Å². The van der Waals surface area contributed by atoms with Crippen LogP contribution in [0.3, 0.4) is 0 Å². The molecule has 0 N–H and O–H groups in total. The summed E-state index contributed by atoms with van der Waals surface area (Å²) in [6, 6.07) is 1.73. The van der Waals surface area contributed by atoms with Gasteiger partial charge in [0, 0.05) is 25.0 Å². The van der Waals surface area contributed by atoms with E-state index in [0.717, 1.165) is 12.8 Å². The van der Waals surface area contributed by atoms with Crippen LogP contribution < -0.4 is 4.74 Å². The molecule has 1 fully saturated rings. The first-order chi connectivity index (χ1) is 10.6. The van der Waals surface area contributed by atoms with Gasteiger partial charge < -0.3 is 14.2 Å².